The Hall–Kier alpha value is -1.68. The lowest BCUT2D eigenvalue weighted by molar-refractivity contribution is -0.144. The molecule has 1 atom stereocenters. The van der Waals surface area contributed by atoms with Gasteiger partial charge in [0.1, 0.15) is 6.61 Å². The second-order valence-corrected chi connectivity index (χ2v) is 7.18. The van der Waals surface area contributed by atoms with Crippen molar-refractivity contribution in [3.8, 4) is 0 Å². The lowest BCUT2D eigenvalue weighted by atomic mass is 10.1. The zero-order valence-electron chi connectivity index (χ0n) is 17.9. The van der Waals surface area contributed by atoms with Crippen LogP contribution in [0.5, 0.6) is 0 Å². The molecule has 0 heterocycles. The first-order valence-electron chi connectivity index (χ1n) is 10.9. The minimum Gasteiger partial charge on any atom is -0.463 e. The van der Waals surface area contributed by atoms with E-state index in [0.717, 1.165) is 38.5 Å². The van der Waals surface area contributed by atoms with Crippen molar-refractivity contribution in [2.24, 2.45) is 0 Å². The monoisotopic (exact) mass is 392 g/mol. The second kappa shape index (κ2) is 20.1. The summed E-state index contributed by atoms with van der Waals surface area (Å²) in [5.74, 6) is -0.589. The highest BCUT2D eigenvalue weighted by Crippen LogP contribution is 2.06. The highest BCUT2D eigenvalue weighted by molar-refractivity contribution is 5.89. The fraction of sp³-hybridized carbons (Fsp3) is 0.667. The number of carbonyl (C=O) groups excluding carboxylic acids is 2. The number of hydrogen-bond donors (Lipinski definition) is 1. The summed E-state index contributed by atoms with van der Waals surface area (Å²) in [5.41, 5.74) is 0. The maximum absolute atomic E-state index is 11.6. The first-order valence-corrected chi connectivity index (χ1v) is 10.9. The van der Waals surface area contributed by atoms with Crippen LogP contribution in [0.15, 0.2) is 36.5 Å². The summed E-state index contributed by atoms with van der Waals surface area (Å²) in [6, 6.07) is 0. The molecule has 28 heavy (non-hydrogen) atoms. The van der Waals surface area contributed by atoms with Crippen molar-refractivity contribution in [3.63, 3.8) is 0 Å². The van der Waals surface area contributed by atoms with Gasteiger partial charge in [0.05, 0.1) is 6.10 Å². The van der Waals surface area contributed by atoms with Crippen molar-refractivity contribution in [2.45, 2.75) is 97.0 Å². The predicted octanol–water partition coefficient (Wildman–Crippen LogP) is 5.85. The number of rotatable bonds is 18. The highest BCUT2D eigenvalue weighted by Gasteiger charge is 2.09. The molecule has 160 valence electrons. The van der Waals surface area contributed by atoms with Crippen LogP contribution in [0.2, 0.25) is 0 Å². The first kappa shape index (κ1) is 26.3. The summed E-state index contributed by atoms with van der Waals surface area (Å²) in [4.78, 5) is 22.3. The van der Waals surface area contributed by atoms with Gasteiger partial charge in [-0.2, -0.15) is 0 Å². The van der Waals surface area contributed by atoms with Gasteiger partial charge in [-0.15, -0.1) is 0 Å². The zero-order valence-corrected chi connectivity index (χ0v) is 17.9. The predicted molar refractivity (Wildman–Crippen MR) is 116 cm³/mol. The molecule has 0 fully saturated rings. The minimum absolute atomic E-state index is 0.0114. The lowest BCUT2D eigenvalue weighted by Crippen LogP contribution is -2.20. The summed E-state index contributed by atoms with van der Waals surface area (Å²) in [6.45, 7) is 3.38. The third kappa shape index (κ3) is 20.6. The average molecular weight is 393 g/mol. The molecule has 0 bridgehead atoms. The molecule has 0 amide bonds. The Bertz CT molecular complexity index is 477. The fourth-order valence-electron chi connectivity index (χ4n) is 2.66. The van der Waals surface area contributed by atoms with Gasteiger partial charge < -0.3 is 9.84 Å². The molecular formula is C24H40O4. The largest absolute Gasteiger partial charge is 0.463 e. The molecule has 0 aromatic carbocycles. The number of hydrogen-bond acceptors (Lipinski definition) is 4. The van der Waals surface area contributed by atoms with Crippen molar-refractivity contribution in [1.29, 1.82) is 0 Å². The van der Waals surface area contributed by atoms with E-state index in [9.17, 15) is 14.7 Å². The van der Waals surface area contributed by atoms with Crippen LogP contribution in [0, 0.1) is 0 Å². The van der Waals surface area contributed by atoms with Gasteiger partial charge in [0.15, 0.2) is 5.78 Å². The van der Waals surface area contributed by atoms with E-state index in [1.165, 1.54) is 45.1 Å². The molecule has 0 aliphatic rings. The molecule has 0 unspecified atom stereocenters. The maximum Gasteiger partial charge on any atom is 0.302 e. The summed E-state index contributed by atoms with van der Waals surface area (Å²) < 4.78 is 4.67. The van der Waals surface area contributed by atoms with Gasteiger partial charge in [0, 0.05) is 13.3 Å². The summed E-state index contributed by atoms with van der Waals surface area (Å²) >= 11 is 0. The zero-order chi connectivity index (χ0) is 20.9. The van der Waals surface area contributed by atoms with E-state index in [0.29, 0.717) is 0 Å². The van der Waals surface area contributed by atoms with E-state index in [1.54, 1.807) is 0 Å². The Balaban J connectivity index is 3.49. The molecule has 1 N–H and O–H groups in total. The van der Waals surface area contributed by atoms with Gasteiger partial charge in [-0.25, -0.2) is 0 Å². The number of aliphatic hydroxyl groups excluding tert-OH is 1. The molecule has 0 aromatic rings. The van der Waals surface area contributed by atoms with Crippen LogP contribution in [-0.2, 0) is 14.3 Å². The number of ketones is 1. The molecule has 4 nitrogen and oxygen atoms in total. The standard InChI is InChI=1S/C24H40O4/c1-3-4-5-6-7-8-9-10-11-12-13-14-15-16-17-18-19-23(26)20-24(27)21-28-22(2)25/h7-8,11-12,18-19,24,27H,3-6,9-10,13-17,20-21H2,1-2H3/b8-7-,12-11-,19-18+/t24-/m1/s1. The smallest absolute Gasteiger partial charge is 0.302 e. The first-order chi connectivity index (χ1) is 13.6. The second-order valence-electron chi connectivity index (χ2n) is 7.18. The van der Waals surface area contributed by atoms with Crippen molar-refractivity contribution < 1.29 is 19.4 Å². The average Bonchev–Trinajstić information content (AvgIpc) is 2.66. The third-order valence-electron chi connectivity index (χ3n) is 4.27. The SMILES string of the molecule is CCCCC/C=C\CC/C=C\CCCCC/C=C/C(=O)C[C@@H](O)COC(C)=O. The van der Waals surface area contributed by atoms with Gasteiger partial charge in [-0.3, -0.25) is 9.59 Å². The Labute approximate surface area is 171 Å². The Morgan fingerprint density at radius 1 is 0.821 bits per heavy atom. The van der Waals surface area contributed by atoms with Gasteiger partial charge in [0.25, 0.3) is 0 Å². The Morgan fingerprint density at radius 2 is 1.36 bits per heavy atom. The van der Waals surface area contributed by atoms with E-state index in [-0.39, 0.29) is 18.8 Å². The summed E-state index contributed by atoms with van der Waals surface area (Å²) in [5, 5.41) is 9.56. The van der Waals surface area contributed by atoms with Crippen LogP contribution >= 0.6 is 0 Å². The minimum atomic E-state index is -0.926. The van der Waals surface area contributed by atoms with Crippen LogP contribution in [0.4, 0.5) is 0 Å². The van der Waals surface area contributed by atoms with Crippen LogP contribution in [0.25, 0.3) is 0 Å². The number of unbranched alkanes of at least 4 members (excludes halogenated alkanes) is 8. The Morgan fingerprint density at radius 3 is 1.93 bits per heavy atom. The van der Waals surface area contributed by atoms with Gasteiger partial charge >= 0.3 is 5.97 Å². The molecular weight excluding hydrogens is 352 g/mol. The number of carbonyl (C=O) groups is 2. The van der Waals surface area contributed by atoms with Crippen molar-refractivity contribution in [3.05, 3.63) is 36.5 Å². The molecule has 0 saturated heterocycles. The van der Waals surface area contributed by atoms with Gasteiger partial charge in [-0.1, -0.05) is 56.6 Å². The summed E-state index contributed by atoms with van der Waals surface area (Å²) in [7, 11) is 0. The highest BCUT2D eigenvalue weighted by atomic mass is 16.5. The molecule has 4 heteroatoms. The number of esters is 1. The molecule has 0 aromatic heterocycles. The molecule has 0 spiro atoms. The fourth-order valence-corrected chi connectivity index (χ4v) is 2.66. The van der Waals surface area contributed by atoms with Crippen LogP contribution < -0.4 is 0 Å². The topological polar surface area (TPSA) is 63.6 Å². The van der Waals surface area contributed by atoms with E-state index >= 15 is 0 Å². The molecule has 0 radical (unpaired) electrons. The van der Waals surface area contributed by atoms with Crippen molar-refractivity contribution in [2.75, 3.05) is 6.61 Å². The number of aliphatic hydroxyl groups is 1. The van der Waals surface area contributed by atoms with Crippen LogP contribution in [0.3, 0.4) is 0 Å². The third-order valence-corrected chi connectivity index (χ3v) is 4.27. The number of ether oxygens (including phenoxy) is 1. The van der Waals surface area contributed by atoms with Crippen molar-refractivity contribution >= 4 is 11.8 Å². The lowest BCUT2D eigenvalue weighted by Gasteiger charge is -2.07. The van der Waals surface area contributed by atoms with Crippen LogP contribution in [-0.4, -0.2) is 29.6 Å². The normalized spacial score (nSPS) is 13.0. The van der Waals surface area contributed by atoms with Gasteiger partial charge in [0.2, 0.25) is 0 Å². The quantitative estimate of drug-likeness (QED) is 0.138. The van der Waals surface area contributed by atoms with Gasteiger partial charge in [-0.05, 0) is 57.4 Å². The van der Waals surface area contributed by atoms with E-state index in [2.05, 4.69) is 36.0 Å². The van der Waals surface area contributed by atoms with E-state index in [1.807, 2.05) is 6.08 Å². The van der Waals surface area contributed by atoms with E-state index in [4.69, 9.17) is 0 Å². The molecule has 0 aliphatic carbocycles. The van der Waals surface area contributed by atoms with Crippen molar-refractivity contribution in [1.82, 2.24) is 0 Å². The summed E-state index contributed by atoms with van der Waals surface area (Å²) in [6.07, 6.45) is 24.4. The molecule has 0 aliphatic heterocycles. The van der Waals surface area contributed by atoms with E-state index < -0.39 is 12.1 Å². The Kier molecular flexibility index (Phi) is 18.9. The molecule has 0 saturated carbocycles. The molecule has 0 rings (SSSR count). The maximum atomic E-state index is 11.6. The number of allylic oxidation sites excluding steroid dienone is 6. The van der Waals surface area contributed by atoms with Crippen LogP contribution in [0.1, 0.15) is 90.9 Å².